The molecule has 27 heavy (non-hydrogen) atoms. The maximum Gasteiger partial charge on any atom is 0.322 e. The molecule has 0 bridgehead atoms. The molecule has 7 heteroatoms. The number of rotatable bonds is 3. The highest BCUT2D eigenvalue weighted by molar-refractivity contribution is 6.11. The van der Waals surface area contributed by atoms with E-state index in [1.807, 2.05) is 12.1 Å². The molecule has 0 unspecified atom stereocenters. The molecule has 0 saturated heterocycles. The lowest BCUT2D eigenvalue weighted by Gasteiger charge is -2.31. The lowest BCUT2D eigenvalue weighted by atomic mass is 9.95. The summed E-state index contributed by atoms with van der Waals surface area (Å²) in [6.45, 7) is 0.260. The topological polar surface area (TPSA) is 61.9 Å². The van der Waals surface area contributed by atoms with Crippen LogP contribution >= 0.6 is 0 Å². The fraction of sp³-hybridized carbons (Fsp3) is 0.200. The Labute approximate surface area is 155 Å². The molecule has 0 aromatic heterocycles. The van der Waals surface area contributed by atoms with Crippen molar-refractivity contribution in [2.24, 2.45) is 0 Å². The summed E-state index contributed by atoms with van der Waals surface area (Å²) in [5, 5.41) is 2.88. The Morgan fingerprint density at radius 2 is 1.74 bits per heavy atom. The van der Waals surface area contributed by atoms with E-state index in [4.69, 9.17) is 4.74 Å². The number of urea groups is 1. The number of halogens is 1. The molecule has 0 aliphatic carbocycles. The number of amides is 3. The van der Waals surface area contributed by atoms with E-state index in [0.717, 1.165) is 5.56 Å². The second-order valence-corrected chi connectivity index (χ2v) is 6.44. The molecule has 0 saturated carbocycles. The maximum absolute atomic E-state index is 13.2. The molecule has 3 amide bonds. The molecule has 4 rings (SSSR count). The second kappa shape index (κ2) is 6.42. The first-order valence-corrected chi connectivity index (χ1v) is 8.48. The number of hydrogen-bond donors (Lipinski definition) is 1. The summed E-state index contributed by atoms with van der Waals surface area (Å²) >= 11 is 0. The van der Waals surface area contributed by atoms with Crippen molar-refractivity contribution in [1.29, 1.82) is 0 Å². The van der Waals surface area contributed by atoms with Crippen LogP contribution in [0.5, 0.6) is 5.75 Å². The Bertz CT molecular complexity index is 938. The van der Waals surface area contributed by atoms with Gasteiger partial charge in [0.2, 0.25) is 0 Å². The van der Waals surface area contributed by atoms with Crippen LogP contribution in [0.15, 0.2) is 59.8 Å². The van der Waals surface area contributed by atoms with Gasteiger partial charge < -0.3 is 15.0 Å². The Morgan fingerprint density at radius 1 is 1.07 bits per heavy atom. The first-order valence-electron chi connectivity index (χ1n) is 8.48. The van der Waals surface area contributed by atoms with Crippen molar-refractivity contribution in [2.45, 2.75) is 6.04 Å². The molecule has 2 aromatic carbocycles. The number of ether oxygens (including phenoxy) is 1. The number of anilines is 1. The van der Waals surface area contributed by atoms with Gasteiger partial charge in [-0.3, -0.25) is 9.69 Å². The third-order valence-electron chi connectivity index (χ3n) is 4.95. The Morgan fingerprint density at radius 3 is 2.37 bits per heavy atom. The van der Waals surface area contributed by atoms with Crippen LogP contribution < -0.4 is 15.0 Å². The zero-order valence-electron chi connectivity index (χ0n) is 14.9. The highest BCUT2D eigenvalue weighted by atomic mass is 19.1. The summed E-state index contributed by atoms with van der Waals surface area (Å²) < 4.78 is 18.4. The highest BCUT2D eigenvalue weighted by Gasteiger charge is 2.43. The van der Waals surface area contributed by atoms with Crippen LogP contribution in [0, 0.1) is 5.82 Å². The SMILES string of the molecule is COc1ccc([C@H]2NC(=O)N(C)C3=C2C(=O)N(c2ccc(F)cc2)C3)cc1. The third kappa shape index (κ3) is 2.81. The summed E-state index contributed by atoms with van der Waals surface area (Å²) in [6.07, 6.45) is 0. The molecule has 2 aromatic rings. The molecule has 138 valence electrons. The summed E-state index contributed by atoms with van der Waals surface area (Å²) in [7, 11) is 3.21. The van der Waals surface area contributed by atoms with Gasteiger partial charge in [0.25, 0.3) is 5.91 Å². The molecule has 2 aliphatic rings. The number of hydrogen-bond acceptors (Lipinski definition) is 3. The van der Waals surface area contributed by atoms with Crippen molar-refractivity contribution < 1.29 is 18.7 Å². The Balaban J connectivity index is 1.73. The molecule has 6 nitrogen and oxygen atoms in total. The molecule has 1 N–H and O–H groups in total. The van der Waals surface area contributed by atoms with Crippen LogP contribution in [0.2, 0.25) is 0 Å². The van der Waals surface area contributed by atoms with Gasteiger partial charge in [0, 0.05) is 12.7 Å². The van der Waals surface area contributed by atoms with E-state index in [0.29, 0.717) is 22.7 Å². The van der Waals surface area contributed by atoms with Gasteiger partial charge in [-0.1, -0.05) is 12.1 Å². The standard InChI is InChI=1S/C20H18FN3O3/c1-23-16-11-24(14-7-5-13(21)6-8-14)19(25)17(16)18(22-20(23)26)12-3-9-15(27-2)10-4-12/h3-10,18H,11H2,1-2H3,(H,22,26)/t18-/m1/s1. The minimum absolute atomic E-state index is 0.204. The summed E-state index contributed by atoms with van der Waals surface area (Å²) in [5.41, 5.74) is 2.55. The monoisotopic (exact) mass is 367 g/mol. The number of nitrogens with one attached hydrogen (secondary N) is 1. The van der Waals surface area contributed by atoms with Crippen molar-refractivity contribution in [1.82, 2.24) is 10.2 Å². The van der Waals surface area contributed by atoms with E-state index in [-0.39, 0.29) is 24.3 Å². The highest BCUT2D eigenvalue weighted by Crippen LogP contribution is 2.37. The summed E-state index contributed by atoms with van der Waals surface area (Å²) in [4.78, 5) is 28.6. The van der Waals surface area contributed by atoms with Gasteiger partial charge in [0.15, 0.2) is 0 Å². The number of methoxy groups -OCH3 is 1. The third-order valence-corrected chi connectivity index (χ3v) is 4.95. The summed E-state index contributed by atoms with van der Waals surface area (Å²) in [5.74, 6) is 0.121. The van der Waals surface area contributed by atoms with Crippen molar-refractivity contribution in [3.8, 4) is 5.75 Å². The number of nitrogens with zero attached hydrogens (tertiary/aromatic N) is 2. The Hall–Kier alpha value is -3.35. The van der Waals surface area contributed by atoms with Crippen molar-refractivity contribution in [3.05, 3.63) is 71.2 Å². The molecule has 1 atom stereocenters. The zero-order chi connectivity index (χ0) is 19.1. The first kappa shape index (κ1) is 17.1. The summed E-state index contributed by atoms with van der Waals surface area (Å²) in [6, 6.07) is 12.2. The van der Waals surface area contributed by atoms with Crippen LogP contribution in [-0.4, -0.2) is 37.5 Å². The van der Waals surface area contributed by atoms with Crippen molar-refractivity contribution in [3.63, 3.8) is 0 Å². The van der Waals surface area contributed by atoms with Crippen LogP contribution in [0.1, 0.15) is 11.6 Å². The smallest absolute Gasteiger partial charge is 0.322 e. The number of carbonyl (C=O) groups excluding carboxylic acids is 2. The van der Waals surface area contributed by atoms with Crippen LogP contribution in [0.4, 0.5) is 14.9 Å². The number of benzene rings is 2. The fourth-order valence-corrected chi connectivity index (χ4v) is 3.44. The lowest BCUT2D eigenvalue weighted by molar-refractivity contribution is -0.114. The lowest BCUT2D eigenvalue weighted by Crippen LogP contribution is -2.45. The largest absolute Gasteiger partial charge is 0.497 e. The quantitative estimate of drug-likeness (QED) is 0.907. The Kier molecular flexibility index (Phi) is 4.07. The fourth-order valence-electron chi connectivity index (χ4n) is 3.44. The zero-order valence-corrected chi connectivity index (χ0v) is 14.9. The van der Waals surface area contributed by atoms with Gasteiger partial charge in [-0.05, 0) is 42.0 Å². The van der Waals surface area contributed by atoms with Gasteiger partial charge in [-0.25, -0.2) is 9.18 Å². The average molecular weight is 367 g/mol. The molecular formula is C20H18FN3O3. The molecule has 2 heterocycles. The van der Waals surface area contributed by atoms with E-state index >= 15 is 0 Å². The first-order chi connectivity index (χ1) is 13.0. The van der Waals surface area contributed by atoms with Crippen LogP contribution in [0.3, 0.4) is 0 Å². The van der Waals surface area contributed by atoms with Gasteiger partial charge in [0.05, 0.1) is 31.0 Å². The van der Waals surface area contributed by atoms with E-state index in [9.17, 15) is 14.0 Å². The molecule has 0 fully saturated rings. The van der Waals surface area contributed by atoms with Gasteiger partial charge in [-0.2, -0.15) is 0 Å². The maximum atomic E-state index is 13.2. The average Bonchev–Trinajstić information content (AvgIpc) is 3.03. The van der Waals surface area contributed by atoms with Gasteiger partial charge >= 0.3 is 6.03 Å². The minimum atomic E-state index is -0.549. The van der Waals surface area contributed by atoms with Gasteiger partial charge in [0.1, 0.15) is 11.6 Å². The predicted octanol–water partition coefficient (Wildman–Crippen LogP) is 2.83. The molecular weight excluding hydrogens is 349 g/mol. The normalized spacial score (nSPS) is 19.3. The van der Waals surface area contributed by atoms with Crippen molar-refractivity contribution in [2.75, 3.05) is 25.6 Å². The minimum Gasteiger partial charge on any atom is -0.497 e. The molecule has 2 aliphatic heterocycles. The van der Waals surface area contributed by atoms with E-state index in [2.05, 4.69) is 5.32 Å². The van der Waals surface area contributed by atoms with E-state index < -0.39 is 6.04 Å². The van der Waals surface area contributed by atoms with Gasteiger partial charge in [-0.15, -0.1) is 0 Å². The number of carbonyl (C=O) groups is 2. The number of likely N-dealkylation sites (N-methyl/N-ethyl adjacent to an activating group) is 1. The van der Waals surface area contributed by atoms with E-state index in [1.165, 1.54) is 17.0 Å². The van der Waals surface area contributed by atoms with Crippen LogP contribution in [0.25, 0.3) is 0 Å². The van der Waals surface area contributed by atoms with E-state index in [1.54, 1.807) is 43.3 Å². The van der Waals surface area contributed by atoms with Crippen LogP contribution in [-0.2, 0) is 4.79 Å². The molecule has 0 radical (unpaired) electrons. The van der Waals surface area contributed by atoms with Crippen molar-refractivity contribution >= 4 is 17.6 Å². The predicted molar refractivity (Wildman–Crippen MR) is 97.8 cm³/mol. The molecule has 0 spiro atoms. The second-order valence-electron chi connectivity index (χ2n) is 6.44.